The van der Waals surface area contributed by atoms with Gasteiger partial charge >= 0.3 is 0 Å². The summed E-state index contributed by atoms with van der Waals surface area (Å²) < 4.78 is 73.7. The van der Waals surface area contributed by atoms with Gasteiger partial charge in [-0.1, -0.05) is 158 Å². The maximum absolute atomic E-state index is 15.5. The van der Waals surface area contributed by atoms with Crippen molar-refractivity contribution in [1.82, 2.24) is 0 Å². The molecule has 6 nitrogen and oxygen atoms in total. The topological polar surface area (TPSA) is 97.7 Å². The lowest BCUT2D eigenvalue weighted by Crippen LogP contribution is -2.21. The van der Waals surface area contributed by atoms with Crippen molar-refractivity contribution in [3.05, 3.63) is 191 Å². The Morgan fingerprint density at radius 1 is 0.500 bits per heavy atom. The highest BCUT2D eigenvalue weighted by atomic mass is 32.2. The van der Waals surface area contributed by atoms with Crippen LogP contribution in [0.1, 0.15) is 44.4 Å². The van der Waals surface area contributed by atoms with Crippen molar-refractivity contribution in [2.45, 2.75) is 29.6 Å². The summed E-state index contributed by atoms with van der Waals surface area (Å²) in [7, 11) is -10.1. The van der Waals surface area contributed by atoms with Gasteiger partial charge in [-0.3, -0.25) is 4.55 Å². The molecule has 3 aliphatic carbocycles. The highest BCUT2D eigenvalue weighted by molar-refractivity contribution is 7.89. The summed E-state index contributed by atoms with van der Waals surface area (Å²) in [5.74, 6) is 0. The molecule has 1 atom stereocenters. The minimum absolute atomic E-state index is 0.0219. The van der Waals surface area contributed by atoms with Gasteiger partial charge < -0.3 is 0 Å². The fourth-order valence-corrected chi connectivity index (χ4v) is 12.2. The van der Waals surface area contributed by atoms with Crippen molar-refractivity contribution in [2.24, 2.45) is 0 Å². The first kappa shape index (κ1) is 36.6. The van der Waals surface area contributed by atoms with Crippen LogP contribution in [0.3, 0.4) is 0 Å². The Bertz CT molecular complexity index is 3470. The van der Waals surface area contributed by atoms with Crippen LogP contribution in [0.5, 0.6) is 0 Å². The second kappa shape index (κ2) is 13.8. The largest absolute Gasteiger partial charge is 0.299 e. The molecule has 0 fully saturated rings. The van der Waals surface area contributed by atoms with E-state index in [1.165, 1.54) is 12.1 Å². The van der Waals surface area contributed by atoms with Gasteiger partial charge in [-0.25, -0.2) is 4.18 Å². The van der Waals surface area contributed by atoms with Crippen LogP contribution < -0.4 is 0 Å². The van der Waals surface area contributed by atoms with E-state index in [0.29, 0.717) is 35.1 Å². The van der Waals surface area contributed by atoms with E-state index in [4.69, 9.17) is 4.18 Å². The van der Waals surface area contributed by atoms with E-state index in [1.54, 1.807) is 18.2 Å². The van der Waals surface area contributed by atoms with Crippen LogP contribution in [0.4, 0.5) is 0 Å². The molecule has 0 heterocycles. The average Bonchev–Trinajstić information content (AvgIpc) is 3.26. The van der Waals surface area contributed by atoms with E-state index < -0.39 is 25.7 Å². The van der Waals surface area contributed by atoms with Gasteiger partial charge in [0.25, 0.3) is 20.2 Å². The summed E-state index contributed by atoms with van der Waals surface area (Å²) in [4.78, 5) is -0.180. The van der Waals surface area contributed by atoms with Crippen molar-refractivity contribution in [2.75, 3.05) is 0 Å². The molecule has 0 aliphatic heterocycles. The molecule has 1 unspecified atom stereocenters. The Hall–Kier alpha value is -6.42. The number of hydrogen-bond donors (Lipinski definition) is 1. The predicted molar refractivity (Wildman–Crippen MR) is 242 cm³/mol. The summed E-state index contributed by atoms with van der Waals surface area (Å²) in [5, 5.41) is 6.38. The van der Waals surface area contributed by atoms with E-state index in [-0.39, 0.29) is 10.5 Å². The fraction of sp³-hybridized carbons (Fsp3) is 0.0769. The molecule has 0 saturated carbocycles. The van der Waals surface area contributed by atoms with Gasteiger partial charge in [0.2, 0.25) is 5.44 Å². The van der Waals surface area contributed by atoms with E-state index in [0.717, 1.165) is 83.2 Å². The molecular weight excluding hydrogens is 785 g/mol. The summed E-state index contributed by atoms with van der Waals surface area (Å²) in [6.45, 7) is 0. The molecule has 1 N–H and O–H groups in total. The Morgan fingerprint density at radius 2 is 1.05 bits per heavy atom. The second-order valence-corrected chi connectivity index (χ2v) is 18.6. The zero-order valence-electron chi connectivity index (χ0n) is 32.2. The van der Waals surface area contributed by atoms with Gasteiger partial charge in [0.1, 0.15) is 4.90 Å². The standard InChI is InChI=1S/C52H36O6S2/c53-59(54,55)52(38-10-2-1-3-11-38)58-60(56,57)51-46(41-28-25-36-16-5-13-33-19-8-22-44(41)49(33)36)30-39(40-27-24-35-15-4-12-32-18-7-21-43(40)48(32)35)31-47(51)42-29-26-37-17-6-14-34-20-9-23-45(42)50(34)37/h1-19,23-31,52H,20-22H2,(H,53,54,55). The Morgan fingerprint density at radius 3 is 1.70 bits per heavy atom. The monoisotopic (exact) mass is 820 g/mol. The van der Waals surface area contributed by atoms with Gasteiger partial charge in [0.15, 0.2) is 0 Å². The number of allylic oxidation sites excluding steroid dienone is 3. The van der Waals surface area contributed by atoms with E-state index >= 15 is 8.42 Å². The molecular formula is C52H36O6S2. The summed E-state index contributed by atoms with van der Waals surface area (Å²) in [5.41, 5.74) is 7.83. The quantitative estimate of drug-likeness (QED) is 0.121. The smallest absolute Gasteiger partial charge is 0.283 e. The Balaban J connectivity index is 1.28. The number of rotatable bonds is 8. The molecule has 8 heteroatoms. The van der Waals surface area contributed by atoms with Crippen LogP contribution in [-0.4, -0.2) is 21.4 Å². The first-order valence-electron chi connectivity index (χ1n) is 19.9. The van der Waals surface area contributed by atoms with Crippen molar-refractivity contribution in [1.29, 1.82) is 0 Å². The lowest BCUT2D eigenvalue weighted by Gasteiger charge is -2.25. The minimum atomic E-state index is -5.10. The molecule has 0 radical (unpaired) electrons. The number of benzene rings is 8. The molecule has 8 aromatic rings. The first-order valence-corrected chi connectivity index (χ1v) is 22.8. The van der Waals surface area contributed by atoms with Crippen molar-refractivity contribution < 1.29 is 25.6 Å². The molecule has 0 saturated heterocycles. The van der Waals surface area contributed by atoms with E-state index in [2.05, 4.69) is 85.0 Å². The molecule has 0 spiro atoms. The summed E-state index contributed by atoms with van der Waals surface area (Å²) in [6.07, 6.45) is 14.6. The SMILES string of the molecule is O=S(=O)(OC(c1ccccc1)S(=O)(=O)O)c1c(-c2ccc3cccc4c3c2C=CC4)cc(-c2ccc3cccc4c3c2CC=C4)cc1-c1ccc2cccc3c2c1CC=C3. The molecule has 3 aliphatic rings. The van der Waals surface area contributed by atoms with Gasteiger partial charge in [-0.05, 0) is 125 Å². The lowest BCUT2D eigenvalue weighted by molar-refractivity contribution is 0.266. The van der Waals surface area contributed by atoms with Crippen molar-refractivity contribution in [3.63, 3.8) is 0 Å². The van der Waals surface area contributed by atoms with Crippen LogP contribution in [0.25, 0.3) is 83.9 Å². The average molecular weight is 821 g/mol. The minimum Gasteiger partial charge on any atom is -0.283 e. The van der Waals surface area contributed by atoms with Crippen LogP contribution >= 0.6 is 0 Å². The zero-order valence-corrected chi connectivity index (χ0v) is 33.8. The molecule has 60 heavy (non-hydrogen) atoms. The van der Waals surface area contributed by atoms with Gasteiger partial charge in [-0.15, -0.1) is 0 Å². The maximum atomic E-state index is 15.5. The normalized spacial score (nSPS) is 14.6. The number of hydrogen-bond acceptors (Lipinski definition) is 5. The molecule has 0 bridgehead atoms. The van der Waals surface area contributed by atoms with Crippen molar-refractivity contribution in [3.8, 4) is 33.4 Å². The van der Waals surface area contributed by atoms with Crippen LogP contribution in [-0.2, 0) is 43.7 Å². The third kappa shape index (κ3) is 5.90. The van der Waals surface area contributed by atoms with Gasteiger partial charge in [0.05, 0.1) is 0 Å². The zero-order chi connectivity index (χ0) is 40.8. The van der Waals surface area contributed by atoms with Crippen LogP contribution in [0, 0.1) is 0 Å². The molecule has 11 rings (SSSR count). The first-order chi connectivity index (χ1) is 29.1. The Labute approximate surface area is 348 Å². The van der Waals surface area contributed by atoms with Crippen LogP contribution in [0.15, 0.2) is 157 Å². The van der Waals surface area contributed by atoms with Gasteiger partial charge in [0, 0.05) is 11.1 Å². The Kier molecular flexibility index (Phi) is 8.45. The summed E-state index contributed by atoms with van der Waals surface area (Å²) >= 11 is 0. The third-order valence-electron chi connectivity index (χ3n) is 12.2. The second-order valence-electron chi connectivity index (χ2n) is 15.6. The molecule has 0 aromatic heterocycles. The van der Waals surface area contributed by atoms with Crippen molar-refractivity contribution >= 4 is 70.8 Å². The maximum Gasteiger partial charge on any atom is 0.299 e. The van der Waals surface area contributed by atoms with E-state index in [1.807, 2.05) is 54.6 Å². The highest BCUT2D eigenvalue weighted by Gasteiger charge is 2.37. The molecule has 0 amide bonds. The van der Waals surface area contributed by atoms with Crippen LogP contribution in [0.2, 0.25) is 0 Å². The fourth-order valence-electron chi connectivity index (χ4n) is 9.67. The lowest BCUT2D eigenvalue weighted by atomic mass is 9.82. The molecule has 292 valence electrons. The highest BCUT2D eigenvalue weighted by Crippen LogP contribution is 2.49. The third-order valence-corrected chi connectivity index (χ3v) is 14.6. The van der Waals surface area contributed by atoms with E-state index in [9.17, 15) is 13.0 Å². The van der Waals surface area contributed by atoms with Gasteiger partial charge in [-0.2, -0.15) is 16.8 Å². The molecule has 8 aromatic carbocycles. The summed E-state index contributed by atoms with van der Waals surface area (Å²) in [6, 6.07) is 42.3. The predicted octanol–water partition coefficient (Wildman–Crippen LogP) is 12.1.